The van der Waals surface area contributed by atoms with Crippen molar-refractivity contribution in [3.05, 3.63) is 35.4 Å². The zero-order chi connectivity index (χ0) is 15.2. The van der Waals surface area contributed by atoms with Gasteiger partial charge in [-0.2, -0.15) is 0 Å². The summed E-state index contributed by atoms with van der Waals surface area (Å²) in [5.74, 6) is 0.608. The minimum absolute atomic E-state index is 0.429. The second-order valence-corrected chi connectivity index (χ2v) is 6.89. The Kier molecular flexibility index (Phi) is 6.25. The normalized spacial score (nSPS) is 18.4. The molecular formula is C19H32N2. The second kappa shape index (κ2) is 7.95. The van der Waals surface area contributed by atoms with Gasteiger partial charge in [0.2, 0.25) is 0 Å². The molecule has 1 aromatic carbocycles. The molecule has 0 aromatic heterocycles. The van der Waals surface area contributed by atoms with Crippen LogP contribution < -0.4 is 5.32 Å². The Labute approximate surface area is 130 Å². The van der Waals surface area contributed by atoms with Gasteiger partial charge in [-0.15, -0.1) is 0 Å². The van der Waals surface area contributed by atoms with Crippen LogP contribution in [-0.2, 0) is 0 Å². The molecule has 118 valence electrons. The molecule has 1 saturated carbocycles. The number of rotatable bonds is 6. The van der Waals surface area contributed by atoms with Crippen LogP contribution in [-0.4, -0.2) is 31.6 Å². The molecule has 2 nitrogen and oxygen atoms in total. The van der Waals surface area contributed by atoms with Crippen molar-refractivity contribution in [2.75, 3.05) is 20.6 Å². The van der Waals surface area contributed by atoms with Crippen molar-refractivity contribution in [2.45, 2.75) is 64.0 Å². The number of hydrogen-bond acceptors (Lipinski definition) is 2. The summed E-state index contributed by atoms with van der Waals surface area (Å²) in [6.07, 6.45) is 6.99. The maximum Gasteiger partial charge on any atom is 0.0446 e. The summed E-state index contributed by atoms with van der Waals surface area (Å²) in [5.41, 5.74) is 2.83. The standard InChI is InChI=1S/C19H32N2/c1-15(2)16-10-12-17(13-11-16)19(20-3)14-21(4)18-8-6-5-7-9-18/h10-13,15,18-20H,5-9,14H2,1-4H3. The average molecular weight is 288 g/mol. The van der Waals surface area contributed by atoms with Gasteiger partial charge in [0.25, 0.3) is 0 Å². The van der Waals surface area contributed by atoms with Crippen molar-refractivity contribution < 1.29 is 0 Å². The zero-order valence-corrected chi connectivity index (χ0v) is 14.2. The molecule has 21 heavy (non-hydrogen) atoms. The van der Waals surface area contributed by atoms with Crippen molar-refractivity contribution in [3.63, 3.8) is 0 Å². The summed E-state index contributed by atoms with van der Waals surface area (Å²) in [6.45, 7) is 5.60. The molecule has 1 aromatic rings. The summed E-state index contributed by atoms with van der Waals surface area (Å²) in [4.78, 5) is 2.57. The molecule has 0 aliphatic heterocycles. The van der Waals surface area contributed by atoms with Gasteiger partial charge in [-0.3, -0.25) is 0 Å². The highest BCUT2D eigenvalue weighted by atomic mass is 15.1. The molecule has 0 amide bonds. The third-order valence-corrected chi connectivity index (χ3v) is 5.02. The molecule has 1 aliphatic carbocycles. The number of nitrogens with zero attached hydrogens (tertiary/aromatic N) is 1. The minimum atomic E-state index is 0.429. The predicted octanol–water partition coefficient (Wildman–Crippen LogP) is 4.34. The molecule has 1 aliphatic rings. The van der Waals surface area contributed by atoms with E-state index in [1.165, 1.54) is 43.2 Å². The Balaban J connectivity index is 1.98. The fraction of sp³-hybridized carbons (Fsp3) is 0.684. The predicted molar refractivity (Wildman–Crippen MR) is 91.8 cm³/mol. The van der Waals surface area contributed by atoms with Crippen LogP contribution in [0.15, 0.2) is 24.3 Å². The molecule has 0 radical (unpaired) electrons. The number of benzene rings is 1. The summed E-state index contributed by atoms with van der Waals surface area (Å²) < 4.78 is 0. The van der Waals surface area contributed by atoms with Gasteiger partial charge in [-0.05, 0) is 44.0 Å². The molecule has 1 fully saturated rings. The van der Waals surface area contributed by atoms with Crippen LogP contribution in [0.4, 0.5) is 0 Å². The van der Waals surface area contributed by atoms with E-state index < -0.39 is 0 Å². The van der Waals surface area contributed by atoms with Gasteiger partial charge in [-0.25, -0.2) is 0 Å². The third-order valence-electron chi connectivity index (χ3n) is 5.02. The topological polar surface area (TPSA) is 15.3 Å². The van der Waals surface area contributed by atoms with E-state index in [4.69, 9.17) is 0 Å². The maximum atomic E-state index is 3.50. The van der Waals surface area contributed by atoms with E-state index in [0.29, 0.717) is 12.0 Å². The zero-order valence-electron chi connectivity index (χ0n) is 14.2. The van der Waals surface area contributed by atoms with Gasteiger partial charge in [0.1, 0.15) is 0 Å². The van der Waals surface area contributed by atoms with E-state index in [-0.39, 0.29) is 0 Å². The van der Waals surface area contributed by atoms with E-state index in [1.54, 1.807) is 0 Å². The number of likely N-dealkylation sites (N-methyl/N-ethyl adjacent to an activating group) is 2. The highest BCUT2D eigenvalue weighted by molar-refractivity contribution is 5.27. The molecule has 2 heteroatoms. The van der Waals surface area contributed by atoms with Crippen LogP contribution in [0.3, 0.4) is 0 Å². The van der Waals surface area contributed by atoms with E-state index >= 15 is 0 Å². The molecule has 0 bridgehead atoms. The number of nitrogens with one attached hydrogen (secondary N) is 1. The van der Waals surface area contributed by atoms with Gasteiger partial charge in [0, 0.05) is 18.6 Å². The highest BCUT2D eigenvalue weighted by Crippen LogP contribution is 2.24. The quantitative estimate of drug-likeness (QED) is 0.838. The SMILES string of the molecule is CNC(CN(C)C1CCCCC1)c1ccc(C(C)C)cc1. The first kappa shape index (κ1) is 16.5. The van der Waals surface area contributed by atoms with Crippen LogP contribution in [0.5, 0.6) is 0 Å². The number of hydrogen-bond donors (Lipinski definition) is 1. The molecule has 1 atom stereocenters. The lowest BCUT2D eigenvalue weighted by atomic mass is 9.93. The van der Waals surface area contributed by atoms with E-state index in [2.05, 4.69) is 62.4 Å². The highest BCUT2D eigenvalue weighted by Gasteiger charge is 2.21. The summed E-state index contributed by atoms with van der Waals surface area (Å²) in [7, 11) is 4.37. The Morgan fingerprint density at radius 2 is 1.62 bits per heavy atom. The molecule has 1 unspecified atom stereocenters. The van der Waals surface area contributed by atoms with E-state index in [9.17, 15) is 0 Å². The van der Waals surface area contributed by atoms with E-state index in [1.807, 2.05) is 0 Å². The Morgan fingerprint density at radius 1 is 1.05 bits per heavy atom. The van der Waals surface area contributed by atoms with Crippen molar-refractivity contribution in [3.8, 4) is 0 Å². The molecule has 1 N–H and O–H groups in total. The van der Waals surface area contributed by atoms with Crippen molar-refractivity contribution in [2.24, 2.45) is 0 Å². The molecule has 0 heterocycles. The van der Waals surface area contributed by atoms with Crippen LogP contribution in [0.2, 0.25) is 0 Å². The van der Waals surface area contributed by atoms with Crippen molar-refractivity contribution in [1.82, 2.24) is 10.2 Å². The van der Waals surface area contributed by atoms with E-state index in [0.717, 1.165) is 12.6 Å². The fourth-order valence-electron chi connectivity index (χ4n) is 3.44. The van der Waals surface area contributed by atoms with Crippen molar-refractivity contribution >= 4 is 0 Å². The Morgan fingerprint density at radius 3 is 2.14 bits per heavy atom. The fourth-order valence-corrected chi connectivity index (χ4v) is 3.44. The Hall–Kier alpha value is -0.860. The van der Waals surface area contributed by atoms with Gasteiger partial charge in [0.05, 0.1) is 0 Å². The largest absolute Gasteiger partial charge is 0.312 e. The average Bonchev–Trinajstić information content (AvgIpc) is 2.53. The van der Waals surface area contributed by atoms with Crippen LogP contribution in [0, 0.1) is 0 Å². The lowest BCUT2D eigenvalue weighted by Gasteiger charge is -2.34. The smallest absolute Gasteiger partial charge is 0.0446 e. The van der Waals surface area contributed by atoms with Crippen molar-refractivity contribution in [1.29, 1.82) is 0 Å². The lowest BCUT2D eigenvalue weighted by molar-refractivity contribution is 0.176. The van der Waals surface area contributed by atoms with Gasteiger partial charge in [0.15, 0.2) is 0 Å². The first-order valence-corrected chi connectivity index (χ1v) is 8.59. The Bertz CT molecular complexity index is 404. The van der Waals surface area contributed by atoms with Crippen LogP contribution in [0.1, 0.15) is 69.0 Å². The van der Waals surface area contributed by atoms with Crippen LogP contribution in [0.25, 0.3) is 0 Å². The van der Waals surface area contributed by atoms with Gasteiger partial charge < -0.3 is 10.2 Å². The summed E-state index contributed by atoms with van der Waals surface area (Å²) in [5, 5.41) is 3.50. The maximum absolute atomic E-state index is 3.50. The molecule has 2 rings (SSSR count). The monoisotopic (exact) mass is 288 g/mol. The first-order chi connectivity index (χ1) is 10.1. The first-order valence-electron chi connectivity index (χ1n) is 8.59. The van der Waals surface area contributed by atoms with Gasteiger partial charge >= 0.3 is 0 Å². The molecular weight excluding hydrogens is 256 g/mol. The van der Waals surface area contributed by atoms with Crippen LogP contribution >= 0.6 is 0 Å². The second-order valence-electron chi connectivity index (χ2n) is 6.89. The lowest BCUT2D eigenvalue weighted by Crippen LogP contribution is -2.39. The molecule has 0 saturated heterocycles. The summed E-state index contributed by atoms with van der Waals surface area (Å²) >= 11 is 0. The minimum Gasteiger partial charge on any atom is -0.312 e. The third kappa shape index (κ3) is 4.55. The summed E-state index contributed by atoms with van der Waals surface area (Å²) in [6, 6.07) is 10.4. The van der Waals surface area contributed by atoms with Gasteiger partial charge in [-0.1, -0.05) is 57.4 Å². The molecule has 0 spiro atoms.